The van der Waals surface area contributed by atoms with Crippen molar-refractivity contribution >= 4 is 27.6 Å². The van der Waals surface area contributed by atoms with E-state index in [2.05, 4.69) is 15.3 Å². The normalized spacial score (nSPS) is 15.9. The standard InChI is InChI=1S/C21H13F4N3O3/c22-8-1-12(23)11-5-16(26-15(11)2-8)21(30)28-18-7-31-6-17-19(18)9-3-13(24)14(25)4-10(9)20(29)27-17/h1-5,18,26H,6-7H2,(H,27,29)(H,28,30)/t18-/m0/s1. The number of rotatable bonds is 2. The van der Waals surface area contributed by atoms with Crippen molar-refractivity contribution in [3.63, 3.8) is 0 Å². The first kappa shape index (κ1) is 19.3. The second-order valence-corrected chi connectivity index (χ2v) is 7.23. The number of nitrogens with one attached hydrogen (secondary N) is 3. The molecule has 31 heavy (non-hydrogen) atoms. The molecule has 0 bridgehead atoms. The van der Waals surface area contributed by atoms with Crippen molar-refractivity contribution in [3.8, 4) is 0 Å². The molecule has 3 heterocycles. The fourth-order valence-electron chi connectivity index (χ4n) is 3.90. The molecular formula is C21H13F4N3O3. The molecule has 2 aromatic heterocycles. The van der Waals surface area contributed by atoms with E-state index in [1.54, 1.807) is 0 Å². The molecule has 4 aromatic rings. The maximum Gasteiger partial charge on any atom is 0.268 e. The molecule has 1 aliphatic heterocycles. The quantitative estimate of drug-likeness (QED) is 0.424. The van der Waals surface area contributed by atoms with Crippen LogP contribution in [0, 0.1) is 23.3 Å². The molecule has 0 fully saturated rings. The summed E-state index contributed by atoms with van der Waals surface area (Å²) in [5.41, 5.74) is 0.176. The number of hydrogen-bond donors (Lipinski definition) is 3. The number of benzene rings is 2. The number of H-pyrrole nitrogens is 2. The van der Waals surface area contributed by atoms with Gasteiger partial charge in [0.05, 0.1) is 30.2 Å². The van der Waals surface area contributed by atoms with Crippen LogP contribution in [0.5, 0.6) is 0 Å². The van der Waals surface area contributed by atoms with Gasteiger partial charge in [0.15, 0.2) is 11.6 Å². The van der Waals surface area contributed by atoms with Crippen LogP contribution in [0.4, 0.5) is 17.6 Å². The van der Waals surface area contributed by atoms with Crippen LogP contribution < -0.4 is 10.9 Å². The maximum atomic E-state index is 14.0. The second-order valence-electron chi connectivity index (χ2n) is 7.23. The Labute approximate surface area is 170 Å². The largest absolute Gasteiger partial charge is 0.373 e. The zero-order valence-corrected chi connectivity index (χ0v) is 15.6. The van der Waals surface area contributed by atoms with E-state index in [-0.39, 0.29) is 40.6 Å². The van der Waals surface area contributed by atoms with Crippen LogP contribution in [0.3, 0.4) is 0 Å². The SMILES string of the molecule is O=C(N[C@H]1COCc2[nH]c(=O)c3cc(F)c(F)cc3c21)c1cc2c(F)cc(F)cc2[nH]1. The third-order valence-electron chi connectivity index (χ3n) is 5.27. The molecule has 2 aromatic carbocycles. The molecule has 1 amide bonds. The van der Waals surface area contributed by atoms with Gasteiger partial charge in [-0.1, -0.05) is 0 Å². The minimum Gasteiger partial charge on any atom is -0.373 e. The van der Waals surface area contributed by atoms with Gasteiger partial charge < -0.3 is 20.0 Å². The van der Waals surface area contributed by atoms with E-state index in [0.717, 1.165) is 18.2 Å². The van der Waals surface area contributed by atoms with Gasteiger partial charge in [-0.3, -0.25) is 9.59 Å². The molecule has 5 rings (SSSR count). The van der Waals surface area contributed by atoms with Crippen molar-refractivity contribution in [1.29, 1.82) is 0 Å². The minimum absolute atomic E-state index is 0.00208. The van der Waals surface area contributed by atoms with Gasteiger partial charge in [-0.15, -0.1) is 0 Å². The Kier molecular flexibility index (Phi) is 4.33. The molecule has 0 saturated heterocycles. The van der Waals surface area contributed by atoms with Crippen molar-refractivity contribution < 1.29 is 27.1 Å². The van der Waals surface area contributed by atoms with E-state index in [0.29, 0.717) is 17.3 Å². The lowest BCUT2D eigenvalue weighted by atomic mass is 9.96. The molecule has 1 aliphatic rings. The van der Waals surface area contributed by atoms with Crippen LogP contribution in [0.2, 0.25) is 0 Å². The van der Waals surface area contributed by atoms with Gasteiger partial charge in [-0.05, 0) is 29.7 Å². The highest BCUT2D eigenvalue weighted by Crippen LogP contribution is 2.31. The average Bonchev–Trinajstić information content (AvgIpc) is 3.14. The lowest BCUT2D eigenvalue weighted by Gasteiger charge is -2.27. The summed E-state index contributed by atoms with van der Waals surface area (Å²) in [4.78, 5) is 30.3. The lowest BCUT2D eigenvalue weighted by molar-refractivity contribution is 0.0692. The summed E-state index contributed by atoms with van der Waals surface area (Å²) in [6.07, 6.45) is 0. The van der Waals surface area contributed by atoms with Gasteiger partial charge in [0.1, 0.15) is 17.3 Å². The Morgan fingerprint density at radius 2 is 1.68 bits per heavy atom. The van der Waals surface area contributed by atoms with Crippen molar-refractivity contribution in [2.24, 2.45) is 0 Å². The van der Waals surface area contributed by atoms with Crippen LogP contribution in [-0.4, -0.2) is 22.5 Å². The molecule has 0 saturated carbocycles. The highest BCUT2D eigenvalue weighted by Gasteiger charge is 2.28. The third kappa shape index (κ3) is 3.15. The number of amides is 1. The minimum atomic E-state index is -1.17. The van der Waals surface area contributed by atoms with Gasteiger partial charge >= 0.3 is 0 Å². The molecule has 1 atom stereocenters. The lowest BCUT2D eigenvalue weighted by Crippen LogP contribution is -2.36. The topological polar surface area (TPSA) is 87.0 Å². The number of pyridine rings is 1. The van der Waals surface area contributed by atoms with Gasteiger partial charge in [0, 0.05) is 22.7 Å². The van der Waals surface area contributed by atoms with Crippen LogP contribution in [0.25, 0.3) is 21.7 Å². The highest BCUT2D eigenvalue weighted by atomic mass is 19.2. The predicted molar refractivity (Wildman–Crippen MR) is 103 cm³/mol. The number of carbonyl (C=O) groups excluding carboxylic acids is 1. The van der Waals surface area contributed by atoms with Crippen molar-refractivity contribution in [1.82, 2.24) is 15.3 Å². The molecule has 10 heteroatoms. The molecule has 0 spiro atoms. The molecule has 0 unspecified atom stereocenters. The van der Waals surface area contributed by atoms with E-state index in [1.165, 1.54) is 6.07 Å². The summed E-state index contributed by atoms with van der Waals surface area (Å²) < 4.78 is 60.4. The van der Waals surface area contributed by atoms with Crippen LogP contribution in [0.1, 0.15) is 27.8 Å². The number of aromatic nitrogens is 2. The predicted octanol–water partition coefficient (Wildman–Crippen LogP) is 3.57. The van der Waals surface area contributed by atoms with Crippen molar-refractivity contribution in [2.45, 2.75) is 12.6 Å². The first-order chi connectivity index (χ1) is 14.8. The highest BCUT2D eigenvalue weighted by molar-refractivity contribution is 5.98. The van der Waals surface area contributed by atoms with E-state index >= 15 is 0 Å². The number of ether oxygens (including phenoxy) is 1. The summed E-state index contributed by atoms with van der Waals surface area (Å²) in [5.74, 6) is -4.57. The van der Waals surface area contributed by atoms with Gasteiger partial charge in [-0.25, -0.2) is 17.6 Å². The van der Waals surface area contributed by atoms with Crippen LogP contribution in [0.15, 0.2) is 35.1 Å². The van der Waals surface area contributed by atoms with E-state index < -0.39 is 40.8 Å². The van der Waals surface area contributed by atoms with E-state index in [9.17, 15) is 27.2 Å². The summed E-state index contributed by atoms with van der Waals surface area (Å²) in [7, 11) is 0. The Balaban J connectivity index is 1.57. The first-order valence-corrected chi connectivity index (χ1v) is 9.22. The monoisotopic (exact) mass is 431 g/mol. The third-order valence-corrected chi connectivity index (χ3v) is 5.27. The zero-order valence-electron chi connectivity index (χ0n) is 15.6. The maximum absolute atomic E-state index is 14.0. The number of hydrogen-bond acceptors (Lipinski definition) is 3. The molecule has 0 aliphatic carbocycles. The van der Waals surface area contributed by atoms with E-state index in [1.807, 2.05) is 0 Å². The number of aromatic amines is 2. The summed E-state index contributed by atoms with van der Waals surface area (Å²) in [5, 5.41) is 2.80. The fraction of sp³-hybridized carbons (Fsp3) is 0.143. The van der Waals surface area contributed by atoms with E-state index in [4.69, 9.17) is 4.74 Å². The van der Waals surface area contributed by atoms with Crippen molar-refractivity contribution in [2.75, 3.05) is 6.61 Å². The Bertz CT molecular complexity index is 1440. The Hall–Kier alpha value is -3.66. The molecular weight excluding hydrogens is 418 g/mol. The van der Waals surface area contributed by atoms with Gasteiger partial charge in [0.2, 0.25) is 0 Å². The summed E-state index contributed by atoms with van der Waals surface area (Å²) >= 11 is 0. The van der Waals surface area contributed by atoms with Crippen molar-refractivity contribution in [3.05, 3.63) is 80.9 Å². The number of carbonyl (C=O) groups is 1. The average molecular weight is 431 g/mol. The summed E-state index contributed by atoms with van der Waals surface area (Å²) in [6.45, 7) is 0.0187. The fourth-order valence-corrected chi connectivity index (χ4v) is 3.90. The zero-order chi connectivity index (χ0) is 21.9. The van der Waals surface area contributed by atoms with Crippen LogP contribution >= 0.6 is 0 Å². The molecule has 0 radical (unpaired) electrons. The summed E-state index contributed by atoms with van der Waals surface area (Å²) in [6, 6.07) is 3.90. The molecule has 158 valence electrons. The smallest absolute Gasteiger partial charge is 0.268 e. The first-order valence-electron chi connectivity index (χ1n) is 9.22. The van der Waals surface area contributed by atoms with Gasteiger partial charge in [0.25, 0.3) is 11.5 Å². The number of halogens is 4. The number of fused-ring (bicyclic) bond motifs is 4. The second kappa shape index (κ2) is 6.95. The van der Waals surface area contributed by atoms with Gasteiger partial charge in [-0.2, -0.15) is 0 Å². The Morgan fingerprint density at radius 1 is 0.935 bits per heavy atom. The molecule has 6 nitrogen and oxygen atoms in total. The Morgan fingerprint density at radius 3 is 2.45 bits per heavy atom. The van der Waals surface area contributed by atoms with Crippen LogP contribution in [-0.2, 0) is 11.3 Å². The molecule has 3 N–H and O–H groups in total.